The van der Waals surface area contributed by atoms with E-state index >= 15 is 0 Å². The van der Waals surface area contributed by atoms with Gasteiger partial charge in [-0.25, -0.2) is 9.97 Å². The number of benzene rings is 2. The van der Waals surface area contributed by atoms with Gasteiger partial charge in [-0.1, -0.05) is 47.7 Å². The first-order valence-corrected chi connectivity index (χ1v) is 12.9. The summed E-state index contributed by atoms with van der Waals surface area (Å²) in [6.07, 6.45) is 5.43. The molecule has 0 N–H and O–H groups in total. The minimum Gasteiger partial charge on any atom is -0.368 e. The molecule has 6 nitrogen and oxygen atoms in total. The zero-order valence-electron chi connectivity index (χ0n) is 19.6. The lowest BCUT2D eigenvalue weighted by molar-refractivity contribution is -0.136. The Morgan fingerprint density at radius 1 is 0.882 bits per heavy atom. The highest BCUT2D eigenvalue weighted by atomic mass is 32.2. The van der Waals surface area contributed by atoms with Gasteiger partial charge in [-0.05, 0) is 44.0 Å². The molecule has 0 radical (unpaired) electrons. The molecule has 0 bridgehead atoms. The fourth-order valence-electron chi connectivity index (χ4n) is 4.78. The maximum Gasteiger partial charge on any atom is 0.227 e. The molecule has 2 aliphatic heterocycles. The summed E-state index contributed by atoms with van der Waals surface area (Å²) >= 11 is 1.64. The zero-order valence-corrected chi connectivity index (χ0v) is 20.5. The minimum atomic E-state index is 0.0104. The maximum absolute atomic E-state index is 13.4. The highest BCUT2D eigenvalue weighted by Crippen LogP contribution is 2.34. The van der Waals surface area contributed by atoms with E-state index in [1.807, 2.05) is 6.07 Å². The van der Waals surface area contributed by atoms with Crippen LogP contribution in [0.25, 0.3) is 0 Å². The monoisotopic (exact) mass is 473 g/mol. The average Bonchev–Trinajstić information content (AvgIpc) is 2.90. The summed E-state index contributed by atoms with van der Waals surface area (Å²) in [4.78, 5) is 30.6. The molecule has 1 aromatic heterocycles. The Balaban J connectivity index is 1.23. The van der Waals surface area contributed by atoms with Crippen molar-refractivity contribution in [3.63, 3.8) is 0 Å². The molecule has 2 fully saturated rings. The smallest absolute Gasteiger partial charge is 0.227 e. The molecule has 1 amide bonds. The van der Waals surface area contributed by atoms with Gasteiger partial charge in [-0.2, -0.15) is 0 Å². The number of hydrogen-bond acceptors (Lipinski definition) is 6. The summed E-state index contributed by atoms with van der Waals surface area (Å²) in [7, 11) is 0. The van der Waals surface area contributed by atoms with E-state index in [4.69, 9.17) is 0 Å². The van der Waals surface area contributed by atoms with Crippen molar-refractivity contribution in [2.75, 3.05) is 49.1 Å². The Kier molecular flexibility index (Phi) is 7.00. The highest BCUT2D eigenvalue weighted by molar-refractivity contribution is 7.99. The molecule has 1 atom stereocenters. The van der Waals surface area contributed by atoms with Crippen molar-refractivity contribution in [1.82, 2.24) is 14.9 Å². The molecule has 0 saturated carbocycles. The Labute approximate surface area is 206 Å². The summed E-state index contributed by atoms with van der Waals surface area (Å²) < 4.78 is 0. The van der Waals surface area contributed by atoms with Gasteiger partial charge in [-0.3, -0.25) is 4.79 Å². The highest BCUT2D eigenvalue weighted by Gasteiger charge is 2.32. The summed E-state index contributed by atoms with van der Waals surface area (Å²) in [5, 5.41) is 0.899. The van der Waals surface area contributed by atoms with E-state index in [1.54, 1.807) is 24.2 Å². The van der Waals surface area contributed by atoms with Crippen molar-refractivity contribution in [2.24, 2.45) is 5.92 Å². The third kappa shape index (κ3) is 5.20. The number of hydrogen-bond donors (Lipinski definition) is 0. The van der Waals surface area contributed by atoms with Crippen LogP contribution in [0, 0.1) is 12.8 Å². The zero-order chi connectivity index (χ0) is 23.3. The topological polar surface area (TPSA) is 52.6 Å². The van der Waals surface area contributed by atoms with Gasteiger partial charge in [-0.15, -0.1) is 0 Å². The second-order valence-electron chi connectivity index (χ2n) is 9.03. The van der Waals surface area contributed by atoms with Gasteiger partial charge in [0.2, 0.25) is 5.91 Å². The van der Waals surface area contributed by atoms with E-state index in [-0.39, 0.29) is 11.8 Å². The number of piperidine rings is 1. The van der Waals surface area contributed by atoms with Crippen LogP contribution in [-0.2, 0) is 4.79 Å². The van der Waals surface area contributed by atoms with Gasteiger partial charge < -0.3 is 14.7 Å². The Bertz CT molecular complexity index is 1100. The third-order valence-electron chi connectivity index (χ3n) is 6.66. The number of amides is 1. The number of aromatic nitrogens is 2. The lowest BCUT2D eigenvalue weighted by Crippen LogP contribution is -2.52. The minimum absolute atomic E-state index is 0.0104. The van der Waals surface area contributed by atoms with Crippen molar-refractivity contribution >= 4 is 29.2 Å². The predicted octanol–water partition coefficient (Wildman–Crippen LogP) is 4.50. The van der Waals surface area contributed by atoms with Gasteiger partial charge >= 0.3 is 0 Å². The normalized spacial score (nSPS) is 18.7. The Hall–Kier alpha value is -3.06. The molecule has 0 unspecified atom stereocenters. The Morgan fingerprint density at radius 2 is 1.62 bits per heavy atom. The van der Waals surface area contributed by atoms with Crippen molar-refractivity contribution < 1.29 is 4.79 Å². The van der Waals surface area contributed by atoms with Crippen LogP contribution in [0.1, 0.15) is 18.4 Å². The molecule has 176 valence electrons. The molecular weight excluding hydrogens is 442 g/mol. The van der Waals surface area contributed by atoms with Crippen LogP contribution in [0.2, 0.25) is 0 Å². The quantitative estimate of drug-likeness (QED) is 0.544. The summed E-state index contributed by atoms with van der Waals surface area (Å²) in [6, 6.07) is 18.9. The molecule has 0 spiro atoms. The SMILES string of the molecule is Cc1ccc(Sc2nccnc2N2CCC[C@H](C(=O)N3CCN(c4ccccc4)CC3)C2)cc1. The van der Waals surface area contributed by atoms with Crippen LogP contribution in [0.3, 0.4) is 0 Å². The maximum atomic E-state index is 13.4. The number of piperazine rings is 1. The summed E-state index contributed by atoms with van der Waals surface area (Å²) in [5.74, 6) is 1.18. The fourth-order valence-corrected chi connectivity index (χ4v) is 5.66. The van der Waals surface area contributed by atoms with Crippen LogP contribution in [-0.4, -0.2) is 60.0 Å². The number of rotatable bonds is 5. The molecule has 7 heteroatoms. The first-order valence-electron chi connectivity index (χ1n) is 12.1. The van der Waals surface area contributed by atoms with Crippen LogP contribution in [0.4, 0.5) is 11.5 Å². The van der Waals surface area contributed by atoms with Crippen LogP contribution in [0.5, 0.6) is 0 Å². The number of nitrogens with zero attached hydrogens (tertiary/aromatic N) is 5. The number of carbonyl (C=O) groups is 1. The van der Waals surface area contributed by atoms with Crippen molar-refractivity contribution in [3.8, 4) is 0 Å². The van der Waals surface area contributed by atoms with Gasteiger partial charge in [0.05, 0.1) is 5.92 Å². The number of anilines is 2. The molecule has 2 saturated heterocycles. The first-order chi connectivity index (χ1) is 16.7. The lowest BCUT2D eigenvalue weighted by Gasteiger charge is -2.40. The van der Waals surface area contributed by atoms with Gasteiger partial charge in [0, 0.05) is 62.2 Å². The second-order valence-corrected chi connectivity index (χ2v) is 10.1. The van der Waals surface area contributed by atoms with E-state index < -0.39 is 0 Å². The fraction of sp³-hybridized carbons (Fsp3) is 0.370. The molecule has 5 rings (SSSR count). The van der Waals surface area contributed by atoms with E-state index in [0.29, 0.717) is 6.54 Å². The largest absolute Gasteiger partial charge is 0.368 e. The second kappa shape index (κ2) is 10.5. The third-order valence-corrected chi connectivity index (χ3v) is 7.65. The standard InChI is InChI=1S/C27H31N5OS/c1-21-9-11-24(12-10-21)34-26-25(28-13-14-29-26)32-15-5-6-22(20-32)27(33)31-18-16-30(17-19-31)23-7-3-2-4-8-23/h2-4,7-14,22H,5-6,15-20H2,1H3/t22-/m0/s1. The lowest BCUT2D eigenvalue weighted by atomic mass is 9.96. The van der Waals surface area contributed by atoms with Gasteiger partial charge in [0.1, 0.15) is 5.03 Å². The number of carbonyl (C=O) groups excluding carboxylic acids is 1. The molecule has 2 aliphatic rings. The van der Waals surface area contributed by atoms with E-state index in [2.05, 4.69) is 80.1 Å². The summed E-state index contributed by atoms with van der Waals surface area (Å²) in [5.41, 5.74) is 2.48. The first kappa shape index (κ1) is 22.7. The molecule has 0 aliphatic carbocycles. The van der Waals surface area contributed by atoms with E-state index in [1.165, 1.54) is 11.3 Å². The molecule has 2 aromatic carbocycles. The van der Waals surface area contributed by atoms with Crippen molar-refractivity contribution in [2.45, 2.75) is 29.7 Å². The van der Waals surface area contributed by atoms with Crippen molar-refractivity contribution in [3.05, 3.63) is 72.6 Å². The van der Waals surface area contributed by atoms with Crippen molar-refractivity contribution in [1.29, 1.82) is 0 Å². The molecule has 34 heavy (non-hydrogen) atoms. The predicted molar refractivity (Wildman–Crippen MR) is 138 cm³/mol. The number of aryl methyl sites for hydroxylation is 1. The molecule has 3 heterocycles. The average molecular weight is 474 g/mol. The van der Waals surface area contributed by atoms with E-state index in [9.17, 15) is 4.79 Å². The Morgan fingerprint density at radius 3 is 2.38 bits per heavy atom. The molecule has 3 aromatic rings. The van der Waals surface area contributed by atoms with Crippen LogP contribution >= 0.6 is 11.8 Å². The number of para-hydroxylation sites is 1. The van der Waals surface area contributed by atoms with E-state index in [0.717, 1.165) is 61.3 Å². The summed E-state index contributed by atoms with van der Waals surface area (Å²) in [6.45, 7) is 7.04. The van der Waals surface area contributed by atoms with Crippen LogP contribution < -0.4 is 9.80 Å². The van der Waals surface area contributed by atoms with Crippen LogP contribution in [0.15, 0.2) is 76.9 Å². The van der Waals surface area contributed by atoms with Gasteiger partial charge in [0.25, 0.3) is 0 Å². The van der Waals surface area contributed by atoms with Gasteiger partial charge in [0.15, 0.2) is 5.82 Å². The molecular formula is C27H31N5OS.